The molecular formula is C138H284. The normalized spacial score (nSPS) is 11.0. The zero-order valence-electron chi connectivity index (χ0n) is 102. The van der Waals surface area contributed by atoms with Crippen LogP contribution in [0.2, 0.25) is 0 Å². The van der Waals surface area contributed by atoms with E-state index in [1.807, 2.05) is 0 Å². The molecule has 0 bridgehead atoms. The van der Waals surface area contributed by atoms with E-state index in [1.165, 1.54) is 655 Å². The molecule has 836 valence electrons. The van der Waals surface area contributed by atoms with Crippen LogP contribution in [0.15, 0.2) is 72.9 Å². The van der Waals surface area contributed by atoms with Crippen LogP contribution in [0.4, 0.5) is 0 Å². The van der Waals surface area contributed by atoms with E-state index in [0.29, 0.717) is 0 Å². The van der Waals surface area contributed by atoms with Crippen LogP contribution in [0.5, 0.6) is 0 Å². The Hall–Kier alpha value is -1.56. The number of allylic oxidation sites excluding steroid dienone is 12. The molecule has 0 unspecified atom stereocenters. The lowest BCUT2D eigenvalue weighted by atomic mass is 10.0. The third kappa shape index (κ3) is 211. The predicted octanol–water partition coefficient (Wildman–Crippen LogP) is 54.9. The van der Waals surface area contributed by atoms with Crippen molar-refractivity contribution in [2.45, 2.75) is 819 Å². The van der Waals surface area contributed by atoms with Crippen molar-refractivity contribution in [2.75, 3.05) is 0 Å². The first kappa shape index (κ1) is 157. The Balaban J connectivity index is -0.000000167. The number of hydrogen-bond donors (Lipinski definition) is 0. The van der Waals surface area contributed by atoms with Gasteiger partial charge in [-0.2, -0.15) is 0 Å². The lowest BCUT2D eigenvalue weighted by molar-refractivity contribution is 0.531. The summed E-state index contributed by atoms with van der Waals surface area (Å²) in [5.41, 5.74) is 0. The van der Waals surface area contributed by atoms with Crippen LogP contribution in [0, 0.1) is 0 Å². The minimum atomic E-state index is 1.08. The van der Waals surface area contributed by atoms with E-state index in [4.69, 9.17) is 0 Å². The van der Waals surface area contributed by atoms with Crippen molar-refractivity contribution < 1.29 is 0 Å². The number of hydrogen-bond acceptors (Lipinski definition) is 0. The second-order valence-corrected chi connectivity index (χ2v) is 42.5. The molecule has 0 atom stereocenters. The van der Waals surface area contributed by atoms with Gasteiger partial charge in [0.2, 0.25) is 0 Å². The minimum Gasteiger partial charge on any atom is -0.0885 e. The molecule has 0 radical (unpaired) electrons. The van der Waals surface area contributed by atoms with E-state index in [-0.39, 0.29) is 0 Å². The first-order chi connectivity index (χ1) is 68.1. The summed E-state index contributed by atoms with van der Waals surface area (Å²) in [6.07, 6.45) is 178. The average molecular weight is 1940 g/mol. The third-order valence-corrected chi connectivity index (χ3v) is 27.1. The zero-order chi connectivity index (χ0) is 103. The largest absolute Gasteiger partial charge is 0.0885 e. The number of rotatable bonds is 102. The Morgan fingerprint density at radius 3 is 0.261 bits per heavy atom. The van der Waals surface area contributed by atoms with Gasteiger partial charge in [-0.1, -0.05) is 802 Å². The maximum Gasteiger partial charge on any atom is -0.0169 e. The molecule has 0 aromatic heterocycles. The van der Waals surface area contributed by atoms with Crippen molar-refractivity contribution in [1.29, 1.82) is 0 Å². The highest BCUT2D eigenvalue weighted by Crippen LogP contribution is 2.20. The van der Waals surface area contributed by atoms with E-state index in [9.17, 15) is 0 Å². The minimum absolute atomic E-state index is 1.08. The summed E-state index contributed by atoms with van der Waals surface area (Å²) in [5, 5.41) is 0. The van der Waals surface area contributed by atoms with E-state index < -0.39 is 0 Å². The van der Waals surface area contributed by atoms with E-state index in [1.54, 1.807) is 0 Å². The second-order valence-electron chi connectivity index (χ2n) is 42.5. The molecule has 0 nitrogen and oxygen atoms in total. The van der Waals surface area contributed by atoms with Gasteiger partial charge >= 0.3 is 0 Å². The molecular weight excluding hydrogens is 1660 g/mol. The van der Waals surface area contributed by atoms with Gasteiger partial charge in [0.05, 0.1) is 0 Å². The standard InChI is InChI=1S/C18H38.C18H36.C18H34.C18H32.C16H34.C14H30.C12H26.C10H22.C8H18.C6H14/c4*1-3-5-7-9-11-13-15-17-18-16-14-12-10-8-6-4-2;1-3-5-7-9-11-13-15-16-14-12-10-8-6-4-2;1-3-5-7-9-11-13-14-12-10-8-6-4-2;1-3-5-7-9-11-12-10-8-6-4-2;1-3-5-7-9-10-8-6-4-2;1-3-5-7-8-6-4-2;1-3-5-6-4-2/h3-18H2,1-2H3;17-18H,3-16H2,1-2H3;11,13,17-18H,3-10,12,14-16H2,1-2H3;5,7,11,13,17-18H,3-4,6,8-10,12,14-16H2,1-2H3;3-16H2,1-2H3;3-14H2,1-2H3;3-12H2,1-2H3;3-10H2,1-2H3;3-8H2,1-2H3;3-6H2,1-2H3/b;18-17-;13-11-,18-17-;7-5-,13-11-,18-17-;;;;;;. The topological polar surface area (TPSA) is 0 Å². The van der Waals surface area contributed by atoms with Gasteiger partial charge in [0.25, 0.3) is 0 Å². The number of unbranched alkanes of at least 4 members (excludes halogenated alkanes) is 90. The van der Waals surface area contributed by atoms with Crippen molar-refractivity contribution in [3.8, 4) is 0 Å². The quantitative estimate of drug-likeness (QED) is 0.0421. The first-order valence-electron chi connectivity index (χ1n) is 66.0. The summed E-state index contributed by atoms with van der Waals surface area (Å²) in [6.45, 7) is 45.4. The SMILES string of the molecule is CC/C=C\C/C=C\C/C=C\CCCCCCCC.CCCCC/C=C\C/C=C\CCCCCCCC.CCCCCC.CCCCCCCC.CCCCCCCC/C=C\CCCCCCCC.CCCCCCCCCC.CCCCCCCCCCCC.CCCCCCCCCCCCCC.CCCCCCCCCCCCCCCC.CCCCCCCCCCCCCCCCCC. The third-order valence-electron chi connectivity index (χ3n) is 27.1. The molecule has 0 aliphatic heterocycles. The van der Waals surface area contributed by atoms with Crippen LogP contribution < -0.4 is 0 Å². The molecule has 0 saturated heterocycles. The van der Waals surface area contributed by atoms with Gasteiger partial charge in [-0.15, -0.1) is 0 Å². The van der Waals surface area contributed by atoms with Gasteiger partial charge in [0.1, 0.15) is 0 Å². The smallest absolute Gasteiger partial charge is 0.0169 e. The summed E-state index contributed by atoms with van der Waals surface area (Å²) in [5.74, 6) is 0. The summed E-state index contributed by atoms with van der Waals surface area (Å²) in [7, 11) is 0. The molecule has 0 amide bonds. The predicted molar refractivity (Wildman–Crippen MR) is 658 cm³/mol. The van der Waals surface area contributed by atoms with Gasteiger partial charge in [0, 0.05) is 0 Å². The van der Waals surface area contributed by atoms with Crippen LogP contribution >= 0.6 is 0 Å². The zero-order valence-corrected chi connectivity index (χ0v) is 102. The summed E-state index contributed by atoms with van der Waals surface area (Å²) in [6, 6.07) is 0. The van der Waals surface area contributed by atoms with Gasteiger partial charge in [0.15, 0.2) is 0 Å². The fourth-order valence-electron chi connectivity index (χ4n) is 17.2. The summed E-state index contributed by atoms with van der Waals surface area (Å²) < 4.78 is 0. The highest BCUT2D eigenvalue weighted by atomic mass is 14.1. The Bertz CT molecular complexity index is 1820. The molecule has 0 aliphatic rings. The molecule has 0 rings (SSSR count). The summed E-state index contributed by atoms with van der Waals surface area (Å²) in [4.78, 5) is 0. The van der Waals surface area contributed by atoms with Crippen molar-refractivity contribution in [2.24, 2.45) is 0 Å². The molecule has 138 heavy (non-hydrogen) atoms. The highest BCUT2D eigenvalue weighted by Gasteiger charge is 2.00. The Kier molecular flexibility index (Phi) is 205. The van der Waals surface area contributed by atoms with Crippen LogP contribution in [-0.2, 0) is 0 Å². The molecule has 0 aliphatic carbocycles. The summed E-state index contributed by atoms with van der Waals surface area (Å²) >= 11 is 0. The van der Waals surface area contributed by atoms with Gasteiger partial charge in [-0.05, 0) is 89.9 Å². The van der Waals surface area contributed by atoms with Crippen LogP contribution in [-0.4, -0.2) is 0 Å². The second kappa shape index (κ2) is 181. The van der Waals surface area contributed by atoms with Gasteiger partial charge in [-0.25, -0.2) is 0 Å². The van der Waals surface area contributed by atoms with Crippen molar-refractivity contribution in [3.63, 3.8) is 0 Å². The molecule has 0 spiro atoms. The van der Waals surface area contributed by atoms with Crippen molar-refractivity contribution >= 4 is 0 Å². The maximum absolute atomic E-state index is 2.41. The van der Waals surface area contributed by atoms with Crippen LogP contribution in [0.25, 0.3) is 0 Å². The average Bonchev–Trinajstić information content (AvgIpc) is 1.13. The molecule has 0 aromatic rings. The van der Waals surface area contributed by atoms with Crippen molar-refractivity contribution in [1.82, 2.24) is 0 Å². The fourth-order valence-corrected chi connectivity index (χ4v) is 17.2. The first-order valence-corrected chi connectivity index (χ1v) is 66.0. The lowest BCUT2D eigenvalue weighted by Gasteiger charge is -2.03. The van der Waals surface area contributed by atoms with Crippen molar-refractivity contribution in [3.05, 3.63) is 72.9 Å². The Morgan fingerprint density at radius 2 is 0.145 bits per heavy atom. The van der Waals surface area contributed by atoms with Crippen LogP contribution in [0.3, 0.4) is 0 Å². The van der Waals surface area contributed by atoms with Gasteiger partial charge in [-0.3, -0.25) is 0 Å². The molecule has 0 heterocycles. The van der Waals surface area contributed by atoms with E-state index in [2.05, 4.69) is 211 Å². The van der Waals surface area contributed by atoms with Crippen LogP contribution in [0.1, 0.15) is 819 Å². The van der Waals surface area contributed by atoms with Gasteiger partial charge < -0.3 is 0 Å². The van der Waals surface area contributed by atoms with E-state index >= 15 is 0 Å². The maximum atomic E-state index is 2.41. The molecule has 0 saturated carbocycles. The Labute approximate surface area is 886 Å². The van der Waals surface area contributed by atoms with E-state index in [0.717, 1.165) is 25.7 Å². The highest BCUT2D eigenvalue weighted by molar-refractivity contribution is 4.97. The Morgan fingerprint density at radius 1 is 0.0725 bits per heavy atom. The molecule has 0 N–H and O–H groups in total. The molecule has 0 heteroatoms. The lowest BCUT2D eigenvalue weighted by Crippen LogP contribution is -1.83. The monoisotopic (exact) mass is 1940 g/mol. The molecule has 0 aromatic carbocycles. The fraction of sp³-hybridized carbons (Fsp3) is 0.913. The molecule has 0 fully saturated rings.